The molecule has 0 unspecified atom stereocenters. The molecule has 0 amide bonds. The molecule has 0 fully saturated rings. The number of aromatic nitrogens is 3. The van der Waals surface area contributed by atoms with Gasteiger partial charge in [0.15, 0.2) is 4.34 Å². The minimum absolute atomic E-state index is 0.0164. The van der Waals surface area contributed by atoms with Crippen LogP contribution in [-0.2, 0) is 0 Å². The fraction of sp³-hybridized carbons (Fsp3) is 0.167. The molecule has 25 heavy (non-hydrogen) atoms. The van der Waals surface area contributed by atoms with Gasteiger partial charge in [0.05, 0.1) is 15.5 Å². The van der Waals surface area contributed by atoms with Crippen molar-refractivity contribution in [3.05, 3.63) is 58.9 Å². The molecular formula is C18H14ClN3OS2. The molecule has 0 bridgehead atoms. The van der Waals surface area contributed by atoms with Crippen molar-refractivity contribution < 1.29 is 4.42 Å². The third kappa shape index (κ3) is 3.56. The van der Waals surface area contributed by atoms with Crippen LogP contribution in [0.5, 0.6) is 0 Å². The first-order valence-corrected chi connectivity index (χ1v) is 9.79. The molecule has 1 atom stereocenters. The Morgan fingerprint density at radius 3 is 2.72 bits per heavy atom. The smallest absolute Gasteiger partial charge is 0.247 e. The summed E-state index contributed by atoms with van der Waals surface area (Å²) in [4.78, 5) is 4.62. The lowest BCUT2D eigenvalue weighted by Gasteiger charge is -2.02. The zero-order valence-corrected chi connectivity index (χ0v) is 16.0. The van der Waals surface area contributed by atoms with E-state index in [9.17, 15) is 0 Å². The van der Waals surface area contributed by atoms with E-state index in [4.69, 9.17) is 16.0 Å². The number of rotatable bonds is 4. The Labute approximate surface area is 158 Å². The summed E-state index contributed by atoms with van der Waals surface area (Å²) in [7, 11) is 0. The predicted octanol–water partition coefficient (Wildman–Crippen LogP) is 6.16. The maximum Gasteiger partial charge on any atom is 0.247 e. The van der Waals surface area contributed by atoms with Gasteiger partial charge in [-0.25, -0.2) is 4.98 Å². The van der Waals surface area contributed by atoms with Gasteiger partial charge in [-0.1, -0.05) is 41.1 Å². The number of benzene rings is 2. The first-order chi connectivity index (χ1) is 12.1. The van der Waals surface area contributed by atoms with Crippen LogP contribution in [0.15, 0.2) is 51.2 Å². The number of thioether (sulfide) groups is 1. The molecular weight excluding hydrogens is 374 g/mol. The molecule has 0 radical (unpaired) electrons. The van der Waals surface area contributed by atoms with Gasteiger partial charge in [0, 0.05) is 10.6 Å². The number of aryl methyl sites for hydroxylation is 1. The van der Waals surface area contributed by atoms with E-state index in [0.717, 1.165) is 20.1 Å². The van der Waals surface area contributed by atoms with Gasteiger partial charge < -0.3 is 4.42 Å². The first kappa shape index (κ1) is 16.6. The number of thiazole rings is 1. The summed E-state index contributed by atoms with van der Waals surface area (Å²) in [5.74, 6) is 1.14. The highest BCUT2D eigenvalue weighted by Crippen LogP contribution is 2.39. The van der Waals surface area contributed by atoms with Crippen molar-refractivity contribution in [2.45, 2.75) is 23.4 Å². The molecule has 0 aliphatic carbocycles. The van der Waals surface area contributed by atoms with Crippen molar-refractivity contribution in [3.63, 3.8) is 0 Å². The number of hydrogen-bond acceptors (Lipinski definition) is 6. The van der Waals surface area contributed by atoms with Crippen LogP contribution < -0.4 is 0 Å². The molecule has 4 nitrogen and oxygen atoms in total. The fourth-order valence-corrected chi connectivity index (χ4v) is 4.73. The van der Waals surface area contributed by atoms with Crippen molar-refractivity contribution in [2.75, 3.05) is 0 Å². The highest BCUT2D eigenvalue weighted by Gasteiger charge is 2.18. The van der Waals surface area contributed by atoms with Gasteiger partial charge in [0.2, 0.25) is 11.8 Å². The van der Waals surface area contributed by atoms with E-state index in [2.05, 4.69) is 15.2 Å². The minimum Gasteiger partial charge on any atom is -0.419 e. The van der Waals surface area contributed by atoms with Gasteiger partial charge in [-0.2, -0.15) is 0 Å². The number of nitrogens with zero attached hydrogens (tertiary/aromatic N) is 3. The molecule has 7 heteroatoms. The van der Waals surface area contributed by atoms with Gasteiger partial charge in [0.25, 0.3) is 0 Å². The lowest BCUT2D eigenvalue weighted by atomic mass is 10.1. The molecule has 0 N–H and O–H groups in total. The van der Waals surface area contributed by atoms with Crippen LogP contribution in [0.25, 0.3) is 21.7 Å². The lowest BCUT2D eigenvalue weighted by Crippen LogP contribution is -1.88. The molecule has 0 aliphatic heterocycles. The normalized spacial score (nSPS) is 12.6. The second kappa shape index (κ2) is 6.78. The van der Waals surface area contributed by atoms with Gasteiger partial charge >= 0.3 is 0 Å². The summed E-state index contributed by atoms with van der Waals surface area (Å²) in [6, 6.07) is 13.8. The van der Waals surface area contributed by atoms with Gasteiger partial charge in [-0.05, 0) is 44.2 Å². The Morgan fingerprint density at radius 1 is 1.12 bits per heavy atom. The zero-order valence-electron chi connectivity index (χ0n) is 13.6. The van der Waals surface area contributed by atoms with Crippen molar-refractivity contribution >= 4 is 44.9 Å². The number of fused-ring (bicyclic) bond motifs is 1. The third-order valence-electron chi connectivity index (χ3n) is 3.69. The minimum atomic E-state index is 0.0164. The molecule has 2 aromatic carbocycles. The quantitative estimate of drug-likeness (QED) is 0.392. The van der Waals surface area contributed by atoms with Crippen LogP contribution in [0, 0.1) is 6.92 Å². The van der Waals surface area contributed by atoms with E-state index in [1.54, 1.807) is 23.1 Å². The van der Waals surface area contributed by atoms with Gasteiger partial charge in [-0.3, -0.25) is 0 Å². The van der Waals surface area contributed by atoms with Crippen LogP contribution in [0.3, 0.4) is 0 Å². The number of hydrogen-bond donors (Lipinski definition) is 0. The monoisotopic (exact) mass is 387 g/mol. The van der Waals surface area contributed by atoms with E-state index in [1.165, 1.54) is 5.56 Å². The van der Waals surface area contributed by atoms with Crippen molar-refractivity contribution in [1.29, 1.82) is 0 Å². The summed E-state index contributed by atoms with van der Waals surface area (Å²) in [6.07, 6.45) is 0. The molecule has 2 heterocycles. The Bertz CT molecular complexity index is 1030. The Kier molecular flexibility index (Phi) is 4.50. The van der Waals surface area contributed by atoms with E-state index < -0.39 is 0 Å². The van der Waals surface area contributed by atoms with Crippen LogP contribution in [-0.4, -0.2) is 15.2 Å². The predicted molar refractivity (Wildman–Crippen MR) is 103 cm³/mol. The van der Waals surface area contributed by atoms with Crippen LogP contribution >= 0.6 is 34.7 Å². The highest BCUT2D eigenvalue weighted by molar-refractivity contribution is 8.01. The SMILES string of the molecule is Cc1ccc(-c2nnc([C@@H](C)Sc3nc4cc(Cl)ccc4s3)o2)cc1. The molecule has 0 saturated heterocycles. The Hall–Kier alpha value is -1.89. The van der Waals surface area contributed by atoms with E-state index in [1.807, 2.05) is 56.3 Å². The maximum absolute atomic E-state index is 6.02. The molecule has 126 valence electrons. The van der Waals surface area contributed by atoms with Crippen LogP contribution in [0.1, 0.15) is 23.6 Å². The van der Waals surface area contributed by atoms with E-state index >= 15 is 0 Å². The largest absolute Gasteiger partial charge is 0.419 e. The summed E-state index contributed by atoms with van der Waals surface area (Å²) in [5.41, 5.74) is 3.04. The molecule has 4 aromatic rings. The summed E-state index contributed by atoms with van der Waals surface area (Å²) < 4.78 is 7.92. The second-order valence-electron chi connectivity index (χ2n) is 5.66. The van der Waals surface area contributed by atoms with Crippen molar-refractivity contribution in [2.24, 2.45) is 0 Å². The van der Waals surface area contributed by atoms with Gasteiger partial charge in [-0.15, -0.1) is 21.5 Å². The fourth-order valence-electron chi connectivity index (χ4n) is 2.34. The van der Waals surface area contributed by atoms with E-state index in [0.29, 0.717) is 16.8 Å². The molecule has 0 aliphatic rings. The Morgan fingerprint density at radius 2 is 1.92 bits per heavy atom. The summed E-state index contributed by atoms with van der Waals surface area (Å²) >= 11 is 9.27. The van der Waals surface area contributed by atoms with Crippen molar-refractivity contribution in [1.82, 2.24) is 15.2 Å². The lowest BCUT2D eigenvalue weighted by molar-refractivity contribution is 0.509. The third-order valence-corrected chi connectivity index (χ3v) is 6.15. The van der Waals surface area contributed by atoms with Crippen molar-refractivity contribution in [3.8, 4) is 11.5 Å². The standard InChI is InChI=1S/C18H14ClN3OS2/c1-10-3-5-12(6-4-10)17-22-21-16(23-17)11(2)24-18-20-14-9-13(19)7-8-15(14)25-18/h3-9,11H,1-2H3/t11-/m1/s1. The molecule has 4 rings (SSSR count). The second-order valence-corrected chi connectivity index (χ2v) is 8.72. The molecule has 2 aromatic heterocycles. The van der Waals surface area contributed by atoms with E-state index in [-0.39, 0.29) is 5.25 Å². The molecule has 0 saturated carbocycles. The van der Waals surface area contributed by atoms with Crippen LogP contribution in [0.4, 0.5) is 0 Å². The number of halogens is 1. The van der Waals surface area contributed by atoms with Crippen LogP contribution in [0.2, 0.25) is 5.02 Å². The molecule has 0 spiro atoms. The zero-order chi connectivity index (χ0) is 17.4. The topological polar surface area (TPSA) is 51.8 Å². The maximum atomic E-state index is 6.02. The average Bonchev–Trinajstić information content (AvgIpc) is 3.21. The van der Waals surface area contributed by atoms with Gasteiger partial charge in [0.1, 0.15) is 0 Å². The summed E-state index contributed by atoms with van der Waals surface area (Å²) in [6.45, 7) is 4.09. The summed E-state index contributed by atoms with van der Waals surface area (Å²) in [5, 5.41) is 9.08. The highest BCUT2D eigenvalue weighted by atomic mass is 35.5. The Balaban J connectivity index is 1.54. The first-order valence-electron chi connectivity index (χ1n) is 7.72. The average molecular weight is 388 g/mol.